The molecule has 16 heavy (non-hydrogen) atoms. The highest BCUT2D eigenvalue weighted by molar-refractivity contribution is 5.71. The Morgan fingerprint density at radius 1 is 1.31 bits per heavy atom. The monoisotopic (exact) mass is 211 g/mol. The van der Waals surface area contributed by atoms with E-state index in [4.69, 9.17) is 5.26 Å². The molecule has 0 saturated carbocycles. The summed E-state index contributed by atoms with van der Waals surface area (Å²) >= 11 is 0. The van der Waals surface area contributed by atoms with Crippen molar-refractivity contribution in [3.8, 4) is 6.07 Å². The molecule has 4 heteroatoms. The molecule has 0 N–H and O–H groups in total. The summed E-state index contributed by atoms with van der Waals surface area (Å²) in [4.78, 5) is 10.4. The second-order valence-electron chi connectivity index (χ2n) is 3.36. The number of nitriles is 1. The number of aldehydes is 1. The second-order valence-corrected chi connectivity index (χ2v) is 3.36. The third kappa shape index (κ3) is 2.15. The average Bonchev–Trinajstić information content (AvgIpc) is 2.78. The van der Waals surface area contributed by atoms with Crippen molar-refractivity contribution in [2.45, 2.75) is 6.54 Å². The second kappa shape index (κ2) is 4.41. The van der Waals surface area contributed by atoms with Crippen LogP contribution in [0.25, 0.3) is 0 Å². The Hall–Kier alpha value is -2.41. The Morgan fingerprint density at radius 2 is 2.06 bits per heavy atom. The number of carbonyl (C=O) groups is 1. The van der Waals surface area contributed by atoms with E-state index >= 15 is 0 Å². The molecule has 0 fully saturated rings. The van der Waals surface area contributed by atoms with E-state index in [9.17, 15) is 4.79 Å². The Kier molecular flexibility index (Phi) is 2.79. The van der Waals surface area contributed by atoms with Crippen LogP contribution in [0.4, 0.5) is 0 Å². The van der Waals surface area contributed by atoms with Crippen LogP contribution in [-0.2, 0) is 6.54 Å². The van der Waals surface area contributed by atoms with Gasteiger partial charge in [0.15, 0.2) is 6.29 Å². The predicted octanol–water partition coefficient (Wildman–Crippen LogP) is 1.62. The molecule has 2 rings (SSSR count). The maximum Gasteiger partial charge on any atom is 0.170 e. The lowest BCUT2D eigenvalue weighted by Crippen LogP contribution is -2.00. The third-order valence-electron chi connectivity index (χ3n) is 2.21. The van der Waals surface area contributed by atoms with Crippen molar-refractivity contribution < 1.29 is 4.79 Å². The number of carbonyl (C=O) groups excluding carboxylic acids is 1. The minimum atomic E-state index is 0.425. The fourth-order valence-corrected chi connectivity index (χ4v) is 1.40. The van der Waals surface area contributed by atoms with E-state index in [1.165, 1.54) is 0 Å². The molecule has 0 aliphatic heterocycles. The number of nitrogens with zero attached hydrogens (tertiary/aromatic N) is 3. The van der Waals surface area contributed by atoms with Crippen LogP contribution in [-0.4, -0.2) is 16.1 Å². The molecule has 0 aliphatic rings. The van der Waals surface area contributed by atoms with Gasteiger partial charge in [0.05, 0.1) is 18.2 Å². The molecule has 78 valence electrons. The SMILES string of the molecule is N#Cc1ccc(Cn2ccc(C=O)n2)cc1. The van der Waals surface area contributed by atoms with E-state index in [1.807, 2.05) is 12.1 Å². The molecule has 0 aliphatic carbocycles. The molecule has 0 spiro atoms. The molecule has 4 nitrogen and oxygen atoms in total. The van der Waals surface area contributed by atoms with Gasteiger partial charge >= 0.3 is 0 Å². The highest BCUT2D eigenvalue weighted by Crippen LogP contribution is 2.05. The van der Waals surface area contributed by atoms with Crippen LogP contribution < -0.4 is 0 Å². The van der Waals surface area contributed by atoms with E-state index in [0.717, 1.165) is 11.8 Å². The van der Waals surface area contributed by atoms with Crippen LogP contribution in [0.15, 0.2) is 36.5 Å². The molecule has 1 heterocycles. The molecule has 1 aromatic carbocycles. The van der Waals surface area contributed by atoms with Crippen molar-refractivity contribution >= 4 is 6.29 Å². The van der Waals surface area contributed by atoms with Crippen LogP contribution in [0.2, 0.25) is 0 Å². The minimum absolute atomic E-state index is 0.425. The first kappa shape index (κ1) is 10.1. The molecule has 0 saturated heterocycles. The number of aromatic nitrogens is 2. The predicted molar refractivity (Wildman–Crippen MR) is 57.9 cm³/mol. The van der Waals surface area contributed by atoms with Gasteiger partial charge in [-0.05, 0) is 23.8 Å². The summed E-state index contributed by atoms with van der Waals surface area (Å²) in [6.07, 6.45) is 2.47. The summed E-state index contributed by atoms with van der Waals surface area (Å²) in [5, 5.41) is 12.7. The Balaban J connectivity index is 2.14. The van der Waals surface area contributed by atoms with Crippen molar-refractivity contribution in [2.75, 3.05) is 0 Å². The van der Waals surface area contributed by atoms with Crippen molar-refractivity contribution in [1.29, 1.82) is 5.26 Å². The topological polar surface area (TPSA) is 58.7 Å². The van der Waals surface area contributed by atoms with Crippen molar-refractivity contribution in [2.24, 2.45) is 0 Å². The molecular weight excluding hydrogens is 202 g/mol. The maximum atomic E-state index is 10.4. The van der Waals surface area contributed by atoms with E-state index < -0.39 is 0 Å². The van der Waals surface area contributed by atoms with Crippen LogP contribution in [0.5, 0.6) is 0 Å². The van der Waals surface area contributed by atoms with E-state index in [0.29, 0.717) is 17.8 Å². The minimum Gasteiger partial charge on any atom is -0.296 e. The fraction of sp³-hybridized carbons (Fsp3) is 0.0833. The highest BCUT2D eigenvalue weighted by Gasteiger charge is 1.99. The van der Waals surface area contributed by atoms with Crippen LogP contribution in [0.3, 0.4) is 0 Å². The molecule has 1 aromatic heterocycles. The molecule has 0 bridgehead atoms. The Bertz CT molecular complexity index is 534. The fourth-order valence-electron chi connectivity index (χ4n) is 1.40. The first-order valence-electron chi connectivity index (χ1n) is 4.79. The van der Waals surface area contributed by atoms with Gasteiger partial charge in [-0.2, -0.15) is 10.4 Å². The van der Waals surface area contributed by atoms with Gasteiger partial charge in [-0.15, -0.1) is 0 Å². The molecule has 0 atom stereocenters. The van der Waals surface area contributed by atoms with Gasteiger partial charge in [-0.25, -0.2) is 0 Å². The molecule has 0 amide bonds. The molecule has 0 radical (unpaired) electrons. The van der Waals surface area contributed by atoms with Gasteiger partial charge in [-0.1, -0.05) is 12.1 Å². The molecule has 0 unspecified atom stereocenters. The van der Waals surface area contributed by atoms with Gasteiger partial charge in [0, 0.05) is 6.20 Å². The largest absolute Gasteiger partial charge is 0.296 e. The van der Waals surface area contributed by atoms with Crippen LogP contribution in [0, 0.1) is 11.3 Å². The van der Waals surface area contributed by atoms with E-state index in [-0.39, 0.29) is 0 Å². The maximum absolute atomic E-state index is 10.4. The van der Waals surface area contributed by atoms with Crippen LogP contribution in [0.1, 0.15) is 21.6 Å². The quantitative estimate of drug-likeness (QED) is 0.725. The zero-order valence-electron chi connectivity index (χ0n) is 8.50. The molecule has 2 aromatic rings. The Morgan fingerprint density at radius 3 is 2.62 bits per heavy atom. The number of benzene rings is 1. The first-order valence-corrected chi connectivity index (χ1v) is 4.79. The summed E-state index contributed by atoms with van der Waals surface area (Å²) in [6, 6.07) is 11.0. The van der Waals surface area contributed by atoms with E-state index in [2.05, 4.69) is 11.2 Å². The summed E-state index contributed by atoms with van der Waals surface area (Å²) in [5.41, 5.74) is 2.10. The summed E-state index contributed by atoms with van der Waals surface area (Å²) in [6.45, 7) is 0.597. The van der Waals surface area contributed by atoms with Crippen molar-refractivity contribution in [3.05, 3.63) is 53.3 Å². The van der Waals surface area contributed by atoms with Gasteiger partial charge in [0.1, 0.15) is 5.69 Å². The van der Waals surface area contributed by atoms with Crippen LogP contribution >= 0.6 is 0 Å². The van der Waals surface area contributed by atoms with Gasteiger partial charge in [0.25, 0.3) is 0 Å². The third-order valence-corrected chi connectivity index (χ3v) is 2.21. The lowest BCUT2D eigenvalue weighted by atomic mass is 10.1. The Labute approximate surface area is 92.7 Å². The zero-order valence-corrected chi connectivity index (χ0v) is 8.50. The molecular formula is C12H9N3O. The number of rotatable bonds is 3. The van der Waals surface area contributed by atoms with Crippen molar-refractivity contribution in [1.82, 2.24) is 9.78 Å². The smallest absolute Gasteiger partial charge is 0.170 e. The lowest BCUT2D eigenvalue weighted by Gasteiger charge is -2.01. The summed E-state index contributed by atoms with van der Waals surface area (Å²) in [5.74, 6) is 0. The zero-order chi connectivity index (χ0) is 11.4. The normalized spacial score (nSPS) is 9.69. The number of hydrogen-bond donors (Lipinski definition) is 0. The standard InChI is InChI=1S/C12H9N3O/c13-7-10-1-3-11(4-2-10)8-15-6-5-12(9-16)14-15/h1-6,9H,8H2. The summed E-state index contributed by atoms with van der Waals surface area (Å²) < 4.78 is 1.69. The lowest BCUT2D eigenvalue weighted by molar-refractivity contribution is 0.111. The summed E-state index contributed by atoms with van der Waals surface area (Å²) in [7, 11) is 0. The van der Waals surface area contributed by atoms with E-state index in [1.54, 1.807) is 29.1 Å². The average molecular weight is 211 g/mol. The van der Waals surface area contributed by atoms with Gasteiger partial charge in [0.2, 0.25) is 0 Å². The van der Waals surface area contributed by atoms with Gasteiger partial charge in [-0.3, -0.25) is 9.48 Å². The first-order chi connectivity index (χ1) is 7.81. The van der Waals surface area contributed by atoms with Crippen molar-refractivity contribution in [3.63, 3.8) is 0 Å². The van der Waals surface area contributed by atoms with Gasteiger partial charge < -0.3 is 0 Å². The number of hydrogen-bond acceptors (Lipinski definition) is 3. The highest BCUT2D eigenvalue weighted by atomic mass is 16.1.